The zero-order valence-corrected chi connectivity index (χ0v) is 15.7. The number of carbonyl (C=O) groups is 1. The number of nitrogens with zero attached hydrogens (tertiary/aromatic N) is 1. The third-order valence-corrected chi connectivity index (χ3v) is 3.75. The Morgan fingerprint density at radius 1 is 1.36 bits per heavy atom. The number of amides is 1. The molecule has 6 nitrogen and oxygen atoms in total. The van der Waals surface area contributed by atoms with Gasteiger partial charge in [-0.1, -0.05) is 18.2 Å². The summed E-state index contributed by atoms with van der Waals surface area (Å²) in [4.78, 5) is 16.0. The summed E-state index contributed by atoms with van der Waals surface area (Å²) in [7, 11) is 0. The zero-order valence-electron chi connectivity index (χ0n) is 15.7. The molecule has 1 saturated heterocycles. The average Bonchev–Trinajstić information content (AvgIpc) is 2.55. The Labute approximate surface area is 150 Å². The highest BCUT2D eigenvalue weighted by atomic mass is 16.5. The van der Waals surface area contributed by atoms with Gasteiger partial charge >= 0.3 is 0 Å². The molecule has 138 valence electrons. The summed E-state index contributed by atoms with van der Waals surface area (Å²) in [5.74, 6) is 1.74. The first kappa shape index (κ1) is 19.1. The van der Waals surface area contributed by atoms with Gasteiger partial charge in [0.25, 0.3) is 0 Å². The van der Waals surface area contributed by atoms with Gasteiger partial charge in [-0.25, -0.2) is 4.99 Å². The predicted octanol–water partition coefficient (Wildman–Crippen LogP) is 2.20. The fourth-order valence-electron chi connectivity index (χ4n) is 2.60. The van der Waals surface area contributed by atoms with Gasteiger partial charge in [-0.3, -0.25) is 4.79 Å². The first-order chi connectivity index (χ1) is 11.9. The van der Waals surface area contributed by atoms with Crippen LogP contribution in [0.2, 0.25) is 0 Å². The molecule has 0 aliphatic carbocycles. The maximum absolute atomic E-state index is 11.3. The number of carbonyl (C=O) groups excluding carboxylic acids is 1. The lowest BCUT2D eigenvalue weighted by Crippen LogP contribution is -2.51. The second kappa shape index (κ2) is 8.74. The normalized spacial score (nSPS) is 18.5. The summed E-state index contributed by atoms with van der Waals surface area (Å²) >= 11 is 0. The summed E-state index contributed by atoms with van der Waals surface area (Å²) in [5, 5.41) is 9.55. The Hall–Kier alpha value is -2.24. The standard InChI is InChI=1S/C19H30N4O2/c1-5-20-18(23-15-10-11-17(24)21-13-15)22-12-14-8-6-7-9-16(14)25-19(2,3)4/h6-9,15H,5,10-13H2,1-4H3,(H,21,24)(H2,20,22,23). The monoisotopic (exact) mass is 346 g/mol. The smallest absolute Gasteiger partial charge is 0.220 e. The van der Waals surface area contributed by atoms with Crippen LogP contribution in [0.15, 0.2) is 29.3 Å². The van der Waals surface area contributed by atoms with Gasteiger partial charge in [0.15, 0.2) is 5.96 Å². The van der Waals surface area contributed by atoms with Gasteiger partial charge in [-0.2, -0.15) is 0 Å². The Morgan fingerprint density at radius 3 is 2.76 bits per heavy atom. The Kier molecular flexibility index (Phi) is 6.67. The van der Waals surface area contributed by atoms with E-state index >= 15 is 0 Å². The number of nitrogens with one attached hydrogen (secondary N) is 3. The molecular weight excluding hydrogens is 316 g/mol. The fourth-order valence-corrected chi connectivity index (χ4v) is 2.60. The van der Waals surface area contributed by atoms with E-state index in [1.165, 1.54) is 0 Å². The number of aliphatic imine (C=N–C) groups is 1. The third-order valence-electron chi connectivity index (χ3n) is 3.75. The SMILES string of the molecule is CCNC(=NCc1ccccc1OC(C)(C)C)NC1CCC(=O)NC1. The fraction of sp³-hybridized carbons (Fsp3) is 0.579. The van der Waals surface area contributed by atoms with E-state index in [0.717, 1.165) is 30.2 Å². The van der Waals surface area contributed by atoms with E-state index in [9.17, 15) is 4.79 Å². The second-order valence-corrected chi connectivity index (χ2v) is 7.20. The lowest BCUT2D eigenvalue weighted by atomic mass is 10.1. The van der Waals surface area contributed by atoms with E-state index in [1.54, 1.807) is 0 Å². The van der Waals surface area contributed by atoms with Gasteiger partial charge < -0.3 is 20.7 Å². The molecule has 1 atom stereocenters. The average molecular weight is 346 g/mol. The van der Waals surface area contributed by atoms with E-state index in [-0.39, 0.29) is 17.6 Å². The first-order valence-corrected chi connectivity index (χ1v) is 8.96. The van der Waals surface area contributed by atoms with Crippen LogP contribution in [0, 0.1) is 0 Å². The van der Waals surface area contributed by atoms with Gasteiger partial charge in [0, 0.05) is 31.1 Å². The molecule has 1 aliphatic rings. The molecule has 0 aromatic heterocycles. The van der Waals surface area contributed by atoms with Crippen LogP contribution in [0.1, 0.15) is 46.1 Å². The largest absolute Gasteiger partial charge is 0.488 e. The van der Waals surface area contributed by atoms with Crippen LogP contribution >= 0.6 is 0 Å². The van der Waals surface area contributed by atoms with Crippen LogP contribution in [0.3, 0.4) is 0 Å². The minimum Gasteiger partial charge on any atom is -0.488 e. The van der Waals surface area contributed by atoms with Crippen LogP contribution in [0.25, 0.3) is 0 Å². The Bertz CT molecular complexity index is 598. The molecular formula is C19H30N4O2. The number of hydrogen-bond acceptors (Lipinski definition) is 3. The number of piperidine rings is 1. The molecule has 0 saturated carbocycles. The zero-order chi connectivity index (χ0) is 18.3. The van der Waals surface area contributed by atoms with E-state index < -0.39 is 0 Å². The van der Waals surface area contributed by atoms with E-state index in [4.69, 9.17) is 4.74 Å². The Morgan fingerprint density at radius 2 is 2.12 bits per heavy atom. The molecule has 1 heterocycles. The summed E-state index contributed by atoms with van der Waals surface area (Å²) in [6, 6.07) is 8.19. The highest BCUT2D eigenvalue weighted by molar-refractivity contribution is 5.81. The molecule has 1 fully saturated rings. The molecule has 6 heteroatoms. The predicted molar refractivity (Wildman–Crippen MR) is 101 cm³/mol. The van der Waals surface area contributed by atoms with Gasteiger partial charge in [-0.15, -0.1) is 0 Å². The van der Waals surface area contributed by atoms with Crippen LogP contribution in [-0.4, -0.2) is 36.6 Å². The minimum atomic E-state index is -0.247. The minimum absolute atomic E-state index is 0.119. The number of para-hydroxylation sites is 1. The number of hydrogen-bond donors (Lipinski definition) is 3. The summed E-state index contributed by atoms with van der Waals surface area (Å²) in [6.45, 7) is 10.1. The summed E-state index contributed by atoms with van der Waals surface area (Å²) < 4.78 is 6.03. The van der Waals surface area contributed by atoms with Crippen LogP contribution in [-0.2, 0) is 11.3 Å². The van der Waals surface area contributed by atoms with E-state index in [0.29, 0.717) is 19.5 Å². The third kappa shape index (κ3) is 6.64. The quantitative estimate of drug-likeness (QED) is 0.564. The van der Waals surface area contributed by atoms with Crippen LogP contribution in [0.5, 0.6) is 5.75 Å². The molecule has 1 unspecified atom stereocenters. The number of guanidine groups is 1. The highest BCUT2D eigenvalue weighted by Crippen LogP contribution is 2.23. The van der Waals surface area contributed by atoms with Crippen molar-refractivity contribution in [3.05, 3.63) is 29.8 Å². The second-order valence-electron chi connectivity index (χ2n) is 7.20. The Balaban J connectivity index is 2.04. The molecule has 0 radical (unpaired) electrons. The lowest BCUT2D eigenvalue weighted by Gasteiger charge is -2.25. The first-order valence-electron chi connectivity index (χ1n) is 8.96. The highest BCUT2D eigenvalue weighted by Gasteiger charge is 2.19. The van der Waals surface area contributed by atoms with Crippen molar-refractivity contribution in [2.75, 3.05) is 13.1 Å². The van der Waals surface area contributed by atoms with Crippen molar-refractivity contribution in [2.24, 2.45) is 4.99 Å². The maximum atomic E-state index is 11.3. The molecule has 1 aliphatic heterocycles. The van der Waals surface area contributed by atoms with Crippen molar-refractivity contribution in [1.82, 2.24) is 16.0 Å². The van der Waals surface area contributed by atoms with Gasteiger partial charge in [0.2, 0.25) is 5.91 Å². The topological polar surface area (TPSA) is 74.8 Å². The number of rotatable bonds is 5. The number of ether oxygens (including phenoxy) is 1. The van der Waals surface area contributed by atoms with Crippen LogP contribution < -0.4 is 20.7 Å². The summed E-state index contributed by atoms with van der Waals surface area (Å²) in [6.07, 6.45) is 1.37. The van der Waals surface area contributed by atoms with Crippen LogP contribution in [0.4, 0.5) is 0 Å². The van der Waals surface area contributed by atoms with Crippen molar-refractivity contribution >= 4 is 11.9 Å². The molecule has 2 rings (SSSR count). The lowest BCUT2D eigenvalue weighted by molar-refractivity contribution is -0.122. The molecule has 25 heavy (non-hydrogen) atoms. The molecule has 0 spiro atoms. The van der Waals surface area contributed by atoms with E-state index in [2.05, 4.69) is 20.9 Å². The maximum Gasteiger partial charge on any atom is 0.220 e. The van der Waals surface area contributed by atoms with Crippen molar-refractivity contribution in [3.63, 3.8) is 0 Å². The molecule has 3 N–H and O–H groups in total. The van der Waals surface area contributed by atoms with Crippen molar-refractivity contribution in [3.8, 4) is 5.75 Å². The van der Waals surface area contributed by atoms with E-state index in [1.807, 2.05) is 52.0 Å². The molecule has 1 amide bonds. The molecule has 0 bridgehead atoms. The molecule has 1 aromatic rings. The number of benzene rings is 1. The van der Waals surface area contributed by atoms with Crippen molar-refractivity contribution < 1.29 is 9.53 Å². The van der Waals surface area contributed by atoms with Crippen molar-refractivity contribution in [1.29, 1.82) is 0 Å². The molecule has 1 aromatic carbocycles. The van der Waals surface area contributed by atoms with Crippen molar-refractivity contribution in [2.45, 2.75) is 58.7 Å². The van der Waals surface area contributed by atoms with Gasteiger partial charge in [0.05, 0.1) is 6.54 Å². The summed E-state index contributed by atoms with van der Waals surface area (Å²) in [5.41, 5.74) is 0.801. The van der Waals surface area contributed by atoms with Gasteiger partial charge in [0.1, 0.15) is 11.4 Å². The van der Waals surface area contributed by atoms with Gasteiger partial charge in [-0.05, 0) is 40.2 Å².